The average molecular weight is 335 g/mol. The molecule has 0 aliphatic carbocycles. The lowest BCUT2D eigenvalue weighted by Crippen LogP contribution is -2.30. The summed E-state index contributed by atoms with van der Waals surface area (Å²) in [6.07, 6.45) is 1.79. The number of hydrogen-bond acceptors (Lipinski definition) is 3. The molecule has 0 spiro atoms. The first-order valence-electron chi connectivity index (χ1n) is 6.57. The number of carbonyl (C=O) groups is 1. The molecule has 0 saturated carbocycles. The van der Waals surface area contributed by atoms with Crippen LogP contribution in [-0.4, -0.2) is 11.4 Å². The van der Waals surface area contributed by atoms with Crippen molar-refractivity contribution in [2.45, 2.75) is 5.50 Å². The Kier molecular flexibility index (Phi) is 4.36. The Bertz CT molecular complexity index is 733. The molecule has 1 saturated heterocycles. The van der Waals surface area contributed by atoms with Crippen molar-refractivity contribution in [3.8, 4) is 0 Å². The highest BCUT2D eigenvalue weighted by atomic mass is 35.5. The molecule has 3 nitrogen and oxygen atoms in total. The molecule has 1 fully saturated rings. The summed E-state index contributed by atoms with van der Waals surface area (Å²) in [5.41, 5.74) is 1.32. The van der Waals surface area contributed by atoms with Crippen molar-refractivity contribution in [3.05, 3.63) is 69.8 Å². The normalized spacial score (nSPS) is 19.3. The van der Waals surface area contributed by atoms with Gasteiger partial charge in [0.05, 0.1) is 4.91 Å². The molecule has 2 N–H and O–H groups in total. The van der Waals surface area contributed by atoms with Crippen molar-refractivity contribution < 1.29 is 9.18 Å². The van der Waals surface area contributed by atoms with Gasteiger partial charge in [0.25, 0.3) is 5.91 Å². The number of benzene rings is 2. The summed E-state index contributed by atoms with van der Waals surface area (Å²) in [6.45, 7) is 0. The van der Waals surface area contributed by atoms with Gasteiger partial charge >= 0.3 is 0 Å². The summed E-state index contributed by atoms with van der Waals surface area (Å²) in [7, 11) is 0. The molecule has 1 atom stereocenters. The van der Waals surface area contributed by atoms with Crippen LogP contribution in [0.3, 0.4) is 0 Å². The van der Waals surface area contributed by atoms with Gasteiger partial charge in [-0.25, -0.2) is 4.39 Å². The van der Waals surface area contributed by atoms with Crippen LogP contribution >= 0.6 is 23.4 Å². The molecule has 0 radical (unpaired) electrons. The zero-order valence-electron chi connectivity index (χ0n) is 11.3. The van der Waals surface area contributed by atoms with E-state index in [0.717, 1.165) is 11.3 Å². The molecule has 0 aromatic heterocycles. The van der Waals surface area contributed by atoms with E-state index >= 15 is 0 Å². The highest BCUT2D eigenvalue weighted by Gasteiger charge is 2.27. The molecule has 1 amide bonds. The Balaban J connectivity index is 1.71. The minimum Gasteiger partial charge on any atom is -0.357 e. The van der Waals surface area contributed by atoms with Crippen LogP contribution in [-0.2, 0) is 4.79 Å². The molecule has 1 heterocycles. The van der Waals surface area contributed by atoms with Crippen molar-refractivity contribution in [3.63, 3.8) is 0 Å². The number of anilines is 1. The predicted molar refractivity (Wildman–Crippen MR) is 89.0 cm³/mol. The highest BCUT2D eigenvalue weighted by molar-refractivity contribution is 8.05. The fraction of sp³-hybridized carbons (Fsp3) is 0.0625. The molecule has 1 aliphatic rings. The van der Waals surface area contributed by atoms with Crippen LogP contribution < -0.4 is 10.6 Å². The number of nitrogens with one attached hydrogen (secondary N) is 2. The van der Waals surface area contributed by atoms with Crippen molar-refractivity contribution in [1.82, 2.24) is 5.32 Å². The van der Waals surface area contributed by atoms with Crippen molar-refractivity contribution in [2.75, 3.05) is 5.32 Å². The molecule has 22 heavy (non-hydrogen) atoms. The molecule has 112 valence electrons. The van der Waals surface area contributed by atoms with Crippen molar-refractivity contribution in [2.24, 2.45) is 0 Å². The van der Waals surface area contributed by atoms with Crippen LogP contribution in [0.1, 0.15) is 5.56 Å². The number of amides is 1. The zero-order chi connectivity index (χ0) is 15.5. The van der Waals surface area contributed by atoms with Gasteiger partial charge in [-0.1, -0.05) is 35.5 Å². The highest BCUT2D eigenvalue weighted by Crippen LogP contribution is 2.30. The van der Waals surface area contributed by atoms with Crippen molar-refractivity contribution in [1.29, 1.82) is 0 Å². The van der Waals surface area contributed by atoms with Crippen LogP contribution in [0.5, 0.6) is 0 Å². The SMILES string of the molecule is O=C1N[C@@H](Nc2ccc(F)cc2)S/C1=C\c1cccc(Cl)c1. The fourth-order valence-electron chi connectivity index (χ4n) is 2.01. The lowest BCUT2D eigenvalue weighted by Gasteiger charge is -2.12. The standard InChI is InChI=1S/C16H12ClFN2OS/c17-11-3-1-2-10(8-11)9-14-15(21)20-16(22-14)19-13-6-4-12(18)5-7-13/h1-9,16,19H,(H,20,21)/b14-9-/t16-/m1/s1. The van der Waals surface area contributed by atoms with Gasteiger partial charge in [0, 0.05) is 10.7 Å². The summed E-state index contributed by atoms with van der Waals surface area (Å²) in [6, 6.07) is 13.3. The van der Waals surface area contributed by atoms with E-state index in [0.29, 0.717) is 9.93 Å². The lowest BCUT2D eigenvalue weighted by molar-refractivity contribution is -0.116. The fourth-order valence-corrected chi connectivity index (χ4v) is 3.19. The van der Waals surface area contributed by atoms with Gasteiger partial charge in [0.1, 0.15) is 5.82 Å². The smallest absolute Gasteiger partial charge is 0.260 e. The van der Waals surface area contributed by atoms with E-state index in [1.165, 1.54) is 23.9 Å². The van der Waals surface area contributed by atoms with Gasteiger partial charge in [-0.15, -0.1) is 0 Å². The van der Waals surface area contributed by atoms with Crippen LogP contribution in [0.4, 0.5) is 10.1 Å². The summed E-state index contributed by atoms with van der Waals surface area (Å²) >= 11 is 7.31. The molecule has 0 bridgehead atoms. The molecule has 2 aromatic carbocycles. The summed E-state index contributed by atoms with van der Waals surface area (Å²) in [5, 5.41) is 6.57. The number of carbonyl (C=O) groups excluding carboxylic acids is 1. The van der Waals surface area contributed by atoms with E-state index in [-0.39, 0.29) is 17.2 Å². The topological polar surface area (TPSA) is 41.1 Å². The Morgan fingerprint density at radius 1 is 1.23 bits per heavy atom. The quantitative estimate of drug-likeness (QED) is 0.831. The number of rotatable bonds is 3. The average Bonchev–Trinajstić information content (AvgIpc) is 2.81. The minimum atomic E-state index is -0.296. The van der Waals surface area contributed by atoms with Gasteiger partial charge in [0.15, 0.2) is 5.50 Å². The summed E-state index contributed by atoms with van der Waals surface area (Å²) in [4.78, 5) is 12.6. The second-order valence-electron chi connectivity index (χ2n) is 4.69. The van der Waals surface area contributed by atoms with Crippen molar-refractivity contribution >= 4 is 41.0 Å². The van der Waals surface area contributed by atoms with Gasteiger partial charge in [-0.2, -0.15) is 0 Å². The molecule has 1 aliphatic heterocycles. The Morgan fingerprint density at radius 3 is 2.73 bits per heavy atom. The van der Waals surface area contributed by atoms with Crippen LogP contribution in [0.25, 0.3) is 6.08 Å². The summed E-state index contributed by atoms with van der Waals surface area (Å²) in [5.74, 6) is -0.445. The number of hydrogen-bond donors (Lipinski definition) is 2. The van der Waals surface area contributed by atoms with E-state index in [4.69, 9.17) is 11.6 Å². The second-order valence-corrected chi connectivity index (χ2v) is 6.27. The van der Waals surface area contributed by atoms with E-state index in [1.54, 1.807) is 30.3 Å². The van der Waals surface area contributed by atoms with Gasteiger partial charge < -0.3 is 10.6 Å². The molecular formula is C16H12ClFN2OS. The summed E-state index contributed by atoms with van der Waals surface area (Å²) < 4.78 is 12.9. The lowest BCUT2D eigenvalue weighted by atomic mass is 10.2. The maximum absolute atomic E-state index is 12.9. The predicted octanol–water partition coefficient (Wildman–Crippen LogP) is 4.08. The third-order valence-corrected chi connectivity index (χ3v) is 4.28. The third kappa shape index (κ3) is 3.61. The maximum Gasteiger partial charge on any atom is 0.260 e. The van der Waals surface area contributed by atoms with E-state index in [2.05, 4.69) is 10.6 Å². The van der Waals surface area contributed by atoms with Crippen LogP contribution in [0.15, 0.2) is 53.4 Å². The molecule has 6 heteroatoms. The molecule has 3 rings (SSSR count). The minimum absolute atomic E-state index is 0.149. The monoisotopic (exact) mass is 334 g/mol. The number of halogens is 2. The maximum atomic E-state index is 12.9. The molecular weight excluding hydrogens is 323 g/mol. The molecule has 0 unspecified atom stereocenters. The van der Waals surface area contributed by atoms with Crippen LogP contribution in [0, 0.1) is 5.82 Å². The van der Waals surface area contributed by atoms with E-state index in [9.17, 15) is 9.18 Å². The van der Waals surface area contributed by atoms with Gasteiger partial charge in [-0.3, -0.25) is 4.79 Å². The Morgan fingerprint density at radius 2 is 2.00 bits per heavy atom. The first-order chi connectivity index (χ1) is 10.6. The Hall–Kier alpha value is -1.98. The van der Waals surface area contributed by atoms with Crippen LogP contribution in [0.2, 0.25) is 5.02 Å². The Labute approximate surface area is 136 Å². The van der Waals surface area contributed by atoms with Gasteiger partial charge in [-0.05, 0) is 48.0 Å². The zero-order valence-corrected chi connectivity index (χ0v) is 12.9. The van der Waals surface area contributed by atoms with E-state index in [1.807, 2.05) is 12.1 Å². The third-order valence-electron chi connectivity index (χ3n) is 3.02. The largest absolute Gasteiger partial charge is 0.357 e. The number of thioether (sulfide) groups is 1. The first-order valence-corrected chi connectivity index (χ1v) is 7.83. The first kappa shape index (κ1) is 14.9. The second kappa shape index (κ2) is 6.42. The van der Waals surface area contributed by atoms with E-state index < -0.39 is 0 Å². The van der Waals surface area contributed by atoms with Gasteiger partial charge in [0.2, 0.25) is 0 Å². The molecule has 2 aromatic rings.